The Morgan fingerprint density at radius 3 is 2.67 bits per heavy atom. The molecular formula is C13H9Br2ClFN. The molecule has 0 aliphatic heterocycles. The third-order valence-corrected chi connectivity index (χ3v) is 3.91. The molecule has 0 atom stereocenters. The third kappa shape index (κ3) is 3.46. The largest absolute Gasteiger partial charge is 0.379 e. The fourth-order valence-electron chi connectivity index (χ4n) is 1.50. The Morgan fingerprint density at radius 1 is 1.11 bits per heavy atom. The zero-order chi connectivity index (χ0) is 13.1. The molecule has 2 aromatic carbocycles. The molecule has 0 bridgehead atoms. The predicted molar refractivity (Wildman–Crippen MR) is 80.6 cm³/mol. The van der Waals surface area contributed by atoms with E-state index in [4.69, 9.17) is 11.6 Å². The lowest BCUT2D eigenvalue weighted by molar-refractivity contribution is 0.630. The van der Waals surface area contributed by atoms with E-state index in [-0.39, 0.29) is 5.82 Å². The second kappa shape index (κ2) is 6.04. The highest BCUT2D eigenvalue weighted by Crippen LogP contribution is 2.24. The fraction of sp³-hybridized carbons (Fsp3) is 0.0769. The van der Waals surface area contributed by atoms with Crippen molar-refractivity contribution in [3.63, 3.8) is 0 Å². The average Bonchev–Trinajstić information content (AvgIpc) is 2.34. The molecule has 0 heterocycles. The highest BCUT2D eigenvalue weighted by atomic mass is 79.9. The van der Waals surface area contributed by atoms with Crippen molar-refractivity contribution in [2.75, 3.05) is 5.32 Å². The lowest BCUT2D eigenvalue weighted by Crippen LogP contribution is -2.02. The van der Waals surface area contributed by atoms with Crippen molar-refractivity contribution in [3.8, 4) is 0 Å². The Labute approximate surface area is 127 Å². The van der Waals surface area contributed by atoms with Crippen LogP contribution in [0, 0.1) is 5.82 Å². The van der Waals surface area contributed by atoms with Crippen LogP contribution < -0.4 is 5.32 Å². The Hall–Kier alpha value is -0.580. The van der Waals surface area contributed by atoms with E-state index in [0.29, 0.717) is 17.3 Å². The molecule has 0 aliphatic carbocycles. The number of benzene rings is 2. The first-order valence-corrected chi connectivity index (χ1v) is 7.15. The minimum atomic E-state index is -0.281. The summed E-state index contributed by atoms with van der Waals surface area (Å²) in [5, 5.41) is 3.70. The van der Waals surface area contributed by atoms with Crippen molar-refractivity contribution in [2.24, 2.45) is 0 Å². The molecular weight excluding hydrogens is 384 g/mol. The molecule has 0 aromatic heterocycles. The van der Waals surface area contributed by atoms with Crippen molar-refractivity contribution >= 4 is 49.1 Å². The van der Waals surface area contributed by atoms with Crippen LogP contribution in [-0.4, -0.2) is 0 Å². The first-order chi connectivity index (χ1) is 8.56. The molecule has 2 aromatic rings. The highest BCUT2D eigenvalue weighted by molar-refractivity contribution is 9.10. The lowest BCUT2D eigenvalue weighted by Gasteiger charge is -2.10. The molecule has 5 heteroatoms. The maximum absolute atomic E-state index is 13.5. The molecule has 0 radical (unpaired) electrons. The molecule has 2 rings (SSSR count). The SMILES string of the molecule is Fc1ccc(Br)cc1NCc1cc(Cl)ccc1Br. The summed E-state index contributed by atoms with van der Waals surface area (Å²) in [6.07, 6.45) is 0. The number of halogens is 4. The van der Waals surface area contributed by atoms with Gasteiger partial charge in [0.2, 0.25) is 0 Å². The monoisotopic (exact) mass is 391 g/mol. The molecule has 18 heavy (non-hydrogen) atoms. The molecule has 0 fully saturated rings. The maximum atomic E-state index is 13.5. The van der Waals surface area contributed by atoms with Gasteiger partial charge in [0, 0.05) is 20.5 Å². The van der Waals surface area contributed by atoms with Crippen LogP contribution in [0.2, 0.25) is 5.02 Å². The molecule has 0 unspecified atom stereocenters. The van der Waals surface area contributed by atoms with Gasteiger partial charge in [-0.15, -0.1) is 0 Å². The first kappa shape index (κ1) is 13.8. The van der Waals surface area contributed by atoms with Crippen molar-refractivity contribution < 1.29 is 4.39 Å². The molecule has 1 nitrogen and oxygen atoms in total. The summed E-state index contributed by atoms with van der Waals surface area (Å²) in [7, 11) is 0. The molecule has 0 aliphatic rings. The highest BCUT2D eigenvalue weighted by Gasteiger charge is 2.05. The normalized spacial score (nSPS) is 10.4. The van der Waals surface area contributed by atoms with Crippen molar-refractivity contribution in [2.45, 2.75) is 6.54 Å². The number of nitrogens with one attached hydrogen (secondary N) is 1. The van der Waals surface area contributed by atoms with E-state index in [1.54, 1.807) is 18.2 Å². The van der Waals surface area contributed by atoms with Gasteiger partial charge in [-0.2, -0.15) is 0 Å². The van der Waals surface area contributed by atoms with E-state index < -0.39 is 0 Å². The summed E-state index contributed by atoms with van der Waals surface area (Å²) in [4.78, 5) is 0. The van der Waals surface area contributed by atoms with Crippen LogP contribution in [0.5, 0.6) is 0 Å². The second-order valence-electron chi connectivity index (χ2n) is 3.71. The minimum absolute atomic E-state index is 0.281. The summed E-state index contributed by atoms with van der Waals surface area (Å²) in [6, 6.07) is 10.3. The molecule has 0 amide bonds. The Bertz CT molecular complexity index is 523. The van der Waals surface area contributed by atoms with Gasteiger partial charge < -0.3 is 5.32 Å². The van der Waals surface area contributed by atoms with Crippen LogP contribution in [0.4, 0.5) is 10.1 Å². The van der Waals surface area contributed by atoms with E-state index in [9.17, 15) is 4.39 Å². The number of hydrogen-bond acceptors (Lipinski definition) is 1. The Morgan fingerprint density at radius 2 is 1.89 bits per heavy atom. The molecule has 0 saturated carbocycles. The minimum Gasteiger partial charge on any atom is -0.379 e. The first-order valence-electron chi connectivity index (χ1n) is 5.19. The summed E-state index contributed by atoms with van der Waals surface area (Å²) >= 11 is 12.7. The molecule has 1 N–H and O–H groups in total. The van der Waals surface area contributed by atoms with Crippen molar-refractivity contribution in [1.82, 2.24) is 0 Å². The Balaban J connectivity index is 2.16. The maximum Gasteiger partial charge on any atom is 0.146 e. The number of hydrogen-bond donors (Lipinski definition) is 1. The quantitative estimate of drug-likeness (QED) is 0.714. The summed E-state index contributed by atoms with van der Waals surface area (Å²) in [5.41, 5.74) is 1.43. The van der Waals surface area contributed by atoms with Gasteiger partial charge in [-0.1, -0.05) is 43.5 Å². The van der Waals surface area contributed by atoms with Gasteiger partial charge in [0.25, 0.3) is 0 Å². The van der Waals surface area contributed by atoms with Crippen LogP contribution in [0.15, 0.2) is 45.3 Å². The topological polar surface area (TPSA) is 12.0 Å². The van der Waals surface area contributed by atoms with Gasteiger partial charge >= 0.3 is 0 Å². The van der Waals surface area contributed by atoms with Crippen molar-refractivity contribution in [3.05, 3.63) is 61.7 Å². The van der Waals surface area contributed by atoms with Gasteiger partial charge in [-0.25, -0.2) is 4.39 Å². The van der Waals surface area contributed by atoms with Crippen LogP contribution in [0.3, 0.4) is 0 Å². The smallest absolute Gasteiger partial charge is 0.146 e. The van der Waals surface area contributed by atoms with Gasteiger partial charge in [-0.05, 0) is 42.0 Å². The van der Waals surface area contributed by atoms with E-state index in [1.807, 2.05) is 12.1 Å². The van der Waals surface area contributed by atoms with Crippen molar-refractivity contribution in [1.29, 1.82) is 0 Å². The van der Waals surface area contributed by atoms with E-state index in [2.05, 4.69) is 37.2 Å². The zero-order valence-corrected chi connectivity index (χ0v) is 13.1. The molecule has 0 saturated heterocycles. The second-order valence-corrected chi connectivity index (χ2v) is 5.92. The summed E-state index contributed by atoms with van der Waals surface area (Å²) in [5.74, 6) is -0.281. The summed E-state index contributed by atoms with van der Waals surface area (Å²) < 4.78 is 15.3. The Kier molecular flexibility index (Phi) is 4.65. The van der Waals surface area contributed by atoms with Gasteiger partial charge in [0.1, 0.15) is 5.82 Å². The van der Waals surface area contributed by atoms with Crippen LogP contribution in [0.1, 0.15) is 5.56 Å². The number of anilines is 1. The average molecular weight is 393 g/mol. The molecule has 94 valence electrons. The van der Waals surface area contributed by atoms with Gasteiger partial charge in [-0.3, -0.25) is 0 Å². The standard InChI is InChI=1S/C13H9Br2ClFN/c14-9-1-4-12(17)13(6-9)18-7-8-5-10(16)2-3-11(8)15/h1-6,18H,7H2. The number of rotatable bonds is 3. The van der Waals surface area contributed by atoms with E-state index in [1.165, 1.54) is 6.07 Å². The lowest BCUT2D eigenvalue weighted by atomic mass is 10.2. The summed E-state index contributed by atoms with van der Waals surface area (Å²) in [6.45, 7) is 0.495. The predicted octanol–water partition coefficient (Wildman–Crippen LogP) is 5.62. The van der Waals surface area contributed by atoms with E-state index in [0.717, 1.165) is 14.5 Å². The van der Waals surface area contributed by atoms with Gasteiger partial charge in [0.05, 0.1) is 5.69 Å². The molecule has 0 spiro atoms. The van der Waals surface area contributed by atoms with Crippen LogP contribution in [0.25, 0.3) is 0 Å². The van der Waals surface area contributed by atoms with Crippen LogP contribution in [-0.2, 0) is 6.54 Å². The third-order valence-electron chi connectivity index (χ3n) is 2.41. The van der Waals surface area contributed by atoms with Gasteiger partial charge in [0.15, 0.2) is 0 Å². The zero-order valence-electron chi connectivity index (χ0n) is 9.18. The van der Waals surface area contributed by atoms with E-state index >= 15 is 0 Å². The van der Waals surface area contributed by atoms with Crippen LogP contribution >= 0.6 is 43.5 Å². The fourth-order valence-corrected chi connectivity index (χ4v) is 2.44.